The monoisotopic (exact) mass is 537 g/mol. The fourth-order valence-corrected chi connectivity index (χ4v) is 6.52. The predicted molar refractivity (Wildman–Crippen MR) is 145 cm³/mol. The molecule has 5 rings (SSSR count). The normalized spacial score (nSPS) is 15.4. The van der Waals surface area contributed by atoms with Gasteiger partial charge in [0.1, 0.15) is 0 Å². The molecule has 0 radical (unpaired) electrons. The number of amides is 2. The molecule has 3 aromatic carbocycles. The molecule has 1 saturated heterocycles. The van der Waals surface area contributed by atoms with Gasteiger partial charge in [-0.25, -0.2) is 8.42 Å². The number of fused-ring (bicyclic) bond motifs is 1. The Balaban J connectivity index is 1.28. The Hall–Kier alpha value is -3.36. The molecule has 9 heteroatoms. The summed E-state index contributed by atoms with van der Waals surface area (Å²) in [4.78, 5) is 27.4. The fraction of sp³-hybridized carbons (Fsp3) is 0.286. The molecule has 3 aromatic rings. The fourth-order valence-electron chi connectivity index (χ4n) is 4.85. The van der Waals surface area contributed by atoms with Gasteiger partial charge in [-0.05, 0) is 91.4 Å². The van der Waals surface area contributed by atoms with Crippen molar-refractivity contribution in [3.8, 4) is 0 Å². The van der Waals surface area contributed by atoms with Gasteiger partial charge in [-0.3, -0.25) is 13.9 Å². The van der Waals surface area contributed by atoms with Crippen molar-refractivity contribution in [3.63, 3.8) is 0 Å². The molecule has 2 heterocycles. The van der Waals surface area contributed by atoms with E-state index >= 15 is 0 Å². The van der Waals surface area contributed by atoms with E-state index in [1.165, 1.54) is 16.4 Å². The van der Waals surface area contributed by atoms with E-state index in [4.69, 9.17) is 11.6 Å². The summed E-state index contributed by atoms with van der Waals surface area (Å²) >= 11 is 5.92. The maximum absolute atomic E-state index is 13.3. The summed E-state index contributed by atoms with van der Waals surface area (Å²) in [6.45, 7) is 2.03. The number of nitrogens with one attached hydrogen (secondary N) is 1. The first-order chi connectivity index (χ1) is 17.8. The lowest BCUT2D eigenvalue weighted by Crippen LogP contribution is -2.35. The number of rotatable bonds is 6. The highest BCUT2D eigenvalue weighted by Gasteiger charge is 2.29. The number of hydrogen-bond donors (Lipinski definition) is 1. The molecule has 0 unspecified atom stereocenters. The van der Waals surface area contributed by atoms with Crippen LogP contribution in [0.1, 0.15) is 40.7 Å². The van der Waals surface area contributed by atoms with Crippen molar-refractivity contribution in [3.05, 3.63) is 88.4 Å². The lowest BCUT2D eigenvalue weighted by molar-refractivity contribution is -0.129. The molecule has 2 aliphatic heterocycles. The van der Waals surface area contributed by atoms with Gasteiger partial charge in [0, 0.05) is 35.9 Å². The standard InChI is InChI=1S/C28H28ClN3O4S/c29-23-8-12-25(13-9-23)37(35,36)32-17-3-4-21-19-22(7-14-26(21)32)28(34)30-24-10-5-20(6-11-24)18-27(33)31-15-1-2-16-31/h5-14,19H,1-4,15-18H2,(H,30,34). The lowest BCUT2D eigenvalue weighted by atomic mass is 10.0. The summed E-state index contributed by atoms with van der Waals surface area (Å²) in [5.41, 5.74) is 3.40. The minimum absolute atomic E-state index is 0.135. The van der Waals surface area contributed by atoms with Crippen molar-refractivity contribution in [2.75, 3.05) is 29.3 Å². The number of carbonyl (C=O) groups excluding carboxylic acids is 2. The molecule has 0 bridgehead atoms. The van der Waals surface area contributed by atoms with Gasteiger partial charge >= 0.3 is 0 Å². The summed E-state index contributed by atoms with van der Waals surface area (Å²) < 4.78 is 27.9. The Morgan fingerprint density at radius 2 is 1.57 bits per heavy atom. The first-order valence-corrected chi connectivity index (χ1v) is 14.2. The van der Waals surface area contributed by atoms with E-state index in [2.05, 4.69) is 5.32 Å². The Morgan fingerprint density at radius 1 is 0.865 bits per heavy atom. The van der Waals surface area contributed by atoms with Crippen LogP contribution in [0, 0.1) is 0 Å². The third kappa shape index (κ3) is 5.50. The maximum Gasteiger partial charge on any atom is 0.264 e. The molecule has 0 spiro atoms. The van der Waals surface area contributed by atoms with Gasteiger partial charge in [0.25, 0.3) is 15.9 Å². The molecule has 37 heavy (non-hydrogen) atoms. The van der Waals surface area contributed by atoms with E-state index in [9.17, 15) is 18.0 Å². The molecule has 1 N–H and O–H groups in total. The van der Waals surface area contributed by atoms with Crippen LogP contribution in [0.15, 0.2) is 71.6 Å². The number of likely N-dealkylation sites (tertiary alicyclic amines) is 1. The zero-order chi connectivity index (χ0) is 26.0. The summed E-state index contributed by atoms with van der Waals surface area (Å²) in [5.74, 6) is -0.142. The van der Waals surface area contributed by atoms with Crippen LogP contribution in [-0.4, -0.2) is 44.8 Å². The van der Waals surface area contributed by atoms with Crippen LogP contribution in [0.5, 0.6) is 0 Å². The Morgan fingerprint density at radius 3 is 2.27 bits per heavy atom. The smallest absolute Gasteiger partial charge is 0.264 e. The van der Waals surface area contributed by atoms with Gasteiger partial charge in [0.05, 0.1) is 17.0 Å². The van der Waals surface area contributed by atoms with Crippen molar-refractivity contribution in [1.82, 2.24) is 4.90 Å². The average Bonchev–Trinajstić information content (AvgIpc) is 3.45. The second-order valence-electron chi connectivity index (χ2n) is 9.39. The zero-order valence-corrected chi connectivity index (χ0v) is 21.9. The zero-order valence-electron chi connectivity index (χ0n) is 20.3. The predicted octanol–water partition coefficient (Wildman–Crippen LogP) is 4.90. The quantitative estimate of drug-likeness (QED) is 0.484. The van der Waals surface area contributed by atoms with Crippen LogP contribution in [-0.2, 0) is 27.7 Å². The summed E-state index contributed by atoms with van der Waals surface area (Å²) in [7, 11) is -3.75. The van der Waals surface area contributed by atoms with Crippen LogP contribution < -0.4 is 9.62 Å². The number of anilines is 2. The van der Waals surface area contributed by atoms with E-state index in [1.807, 2.05) is 17.0 Å². The molecule has 0 aliphatic carbocycles. The minimum Gasteiger partial charge on any atom is -0.342 e. The average molecular weight is 538 g/mol. The van der Waals surface area contributed by atoms with Crippen molar-refractivity contribution in [1.29, 1.82) is 0 Å². The number of hydrogen-bond acceptors (Lipinski definition) is 4. The molecule has 1 fully saturated rings. The number of aryl methyl sites for hydroxylation is 1. The van der Waals surface area contributed by atoms with Crippen LogP contribution >= 0.6 is 11.6 Å². The van der Waals surface area contributed by atoms with Crippen molar-refractivity contribution >= 4 is 44.8 Å². The maximum atomic E-state index is 13.3. The highest BCUT2D eigenvalue weighted by Crippen LogP contribution is 2.33. The van der Waals surface area contributed by atoms with E-state index in [-0.39, 0.29) is 16.7 Å². The number of benzene rings is 3. The Bertz CT molecular complexity index is 1420. The molecule has 0 atom stereocenters. The van der Waals surface area contributed by atoms with Crippen LogP contribution in [0.3, 0.4) is 0 Å². The van der Waals surface area contributed by atoms with Crippen LogP contribution in [0.25, 0.3) is 0 Å². The molecule has 0 aromatic heterocycles. The molecule has 7 nitrogen and oxygen atoms in total. The van der Waals surface area contributed by atoms with Crippen molar-refractivity contribution < 1.29 is 18.0 Å². The van der Waals surface area contributed by atoms with Crippen molar-refractivity contribution in [2.45, 2.75) is 37.0 Å². The van der Waals surface area contributed by atoms with E-state index in [0.29, 0.717) is 47.8 Å². The number of sulfonamides is 1. The number of nitrogens with zero attached hydrogens (tertiary/aromatic N) is 2. The van der Waals surface area contributed by atoms with Crippen molar-refractivity contribution in [2.24, 2.45) is 0 Å². The second kappa shape index (κ2) is 10.6. The summed E-state index contributed by atoms with van der Waals surface area (Å²) in [5, 5.41) is 3.37. The Labute approximate surface area is 222 Å². The van der Waals surface area contributed by atoms with Gasteiger partial charge in [-0.15, -0.1) is 0 Å². The molecule has 192 valence electrons. The largest absolute Gasteiger partial charge is 0.342 e. The highest BCUT2D eigenvalue weighted by atomic mass is 35.5. The van der Waals surface area contributed by atoms with E-state index < -0.39 is 10.0 Å². The lowest BCUT2D eigenvalue weighted by Gasteiger charge is -2.30. The first kappa shape index (κ1) is 25.3. The summed E-state index contributed by atoms with van der Waals surface area (Å²) in [6, 6.07) is 18.5. The molecule has 2 aliphatic rings. The number of carbonyl (C=O) groups is 2. The van der Waals surface area contributed by atoms with Gasteiger partial charge in [0.2, 0.25) is 5.91 Å². The molecule has 0 saturated carbocycles. The van der Waals surface area contributed by atoms with Crippen LogP contribution in [0.4, 0.5) is 11.4 Å². The van der Waals surface area contributed by atoms with Gasteiger partial charge in [0.15, 0.2) is 0 Å². The van der Waals surface area contributed by atoms with E-state index in [0.717, 1.165) is 37.1 Å². The van der Waals surface area contributed by atoms with Gasteiger partial charge in [-0.1, -0.05) is 23.7 Å². The van der Waals surface area contributed by atoms with E-state index in [1.54, 1.807) is 42.5 Å². The Kier molecular flexibility index (Phi) is 7.22. The minimum atomic E-state index is -3.75. The highest BCUT2D eigenvalue weighted by molar-refractivity contribution is 7.92. The van der Waals surface area contributed by atoms with Gasteiger partial charge in [-0.2, -0.15) is 0 Å². The third-order valence-corrected chi connectivity index (χ3v) is 8.92. The first-order valence-electron chi connectivity index (χ1n) is 12.4. The summed E-state index contributed by atoms with van der Waals surface area (Å²) in [6.07, 6.45) is 3.82. The topological polar surface area (TPSA) is 86.8 Å². The second-order valence-corrected chi connectivity index (χ2v) is 11.7. The number of halogens is 1. The molecular weight excluding hydrogens is 510 g/mol. The van der Waals surface area contributed by atoms with Crippen LogP contribution in [0.2, 0.25) is 5.02 Å². The molecule has 2 amide bonds. The van der Waals surface area contributed by atoms with Gasteiger partial charge < -0.3 is 10.2 Å². The third-order valence-electron chi connectivity index (χ3n) is 6.85. The SMILES string of the molecule is O=C(Nc1ccc(CC(=O)N2CCCC2)cc1)c1ccc2c(c1)CCCN2S(=O)(=O)c1ccc(Cl)cc1. The molecular formula is C28H28ClN3O4S.